The maximum Gasteiger partial charge on any atom is 0.340 e. The van der Waals surface area contributed by atoms with Crippen molar-refractivity contribution in [1.82, 2.24) is 0 Å². The van der Waals surface area contributed by atoms with Crippen molar-refractivity contribution in [1.29, 1.82) is 0 Å². The summed E-state index contributed by atoms with van der Waals surface area (Å²) < 4.78 is 5.05. The van der Waals surface area contributed by atoms with E-state index in [1.165, 1.54) is 0 Å². The highest BCUT2D eigenvalue weighted by Gasteiger charge is 2.11. The summed E-state index contributed by atoms with van der Waals surface area (Å²) in [6.07, 6.45) is 0. The van der Waals surface area contributed by atoms with Crippen molar-refractivity contribution < 1.29 is 9.53 Å². The zero-order chi connectivity index (χ0) is 14.4. The van der Waals surface area contributed by atoms with Crippen LogP contribution < -0.4 is 0 Å². The molecular formula is C17H17NO2. The van der Waals surface area contributed by atoms with Crippen molar-refractivity contribution in [2.45, 2.75) is 13.8 Å². The van der Waals surface area contributed by atoms with Gasteiger partial charge in [-0.15, -0.1) is 0 Å². The average Bonchev–Trinajstić information content (AvgIpc) is 2.49. The van der Waals surface area contributed by atoms with Gasteiger partial charge in [0, 0.05) is 5.71 Å². The van der Waals surface area contributed by atoms with Crippen LogP contribution in [0.4, 0.5) is 5.69 Å². The molecule has 0 N–H and O–H groups in total. The normalized spacial score (nSPS) is 11.2. The number of carbonyl (C=O) groups excluding carboxylic acids is 1. The summed E-state index contributed by atoms with van der Waals surface area (Å²) in [4.78, 5) is 16.4. The largest absolute Gasteiger partial charge is 0.462 e. The number of esters is 1. The highest BCUT2D eigenvalue weighted by molar-refractivity contribution is 6.02. The second-order valence-electron chi connectivity index (χ2n) is 4.30. The second kappa shape index (κ2) is 6.66. The number of benzene rings is 2. The molecule has 0 spiro atoms. The van der Waals surface area contributed by atoms with E-state index in [1.807, 2.05) is 55.5 Å². The quantitative estimate of drug-likeness (QED) is 0.620. The first kappa shape index (κ1) is 14.0. The van der Waals surface area contributed by atoms with Gasteiger partial charge in [0.1, 0.15) is 0 Å². The van der Waals surface area contributed by atoms with E-state index in [1.54, 1.807) is 13.0 Å². The summed E-state index contributed by atoms with van der Waals surface area (Å²) in [6.45, 7) is 4.07. The van der Waals surface area contributed by atoms with Gasteiger partial charge in [-0.2, -0.15) is 0 Å². The number of aliphatic imine (C=N–C) groups is 1. The second-order valence-corrected chi connectivity index (χ2v) is 4.30. The van der Waals surface area contributed by atoms with Crippen LogP contribution in [0.1, 0.15) is 29.8 Å². The molecule has 2 rings (SSSR count). The number of hydrogen-bond acceptors (Lipinski definition) is 3. The lowest BCUT2D eigenvalue weighted by Crippen LogP contribution is -2.05. The van der Waals surface area contributed by atoms with Crippen LogP contribution in [0.15, 0.2) is 59.6 Å². The first-order valence-electron chi connectivity index (χ1n) is 6.59. The Hall–Kier alpha value is -2.42. The average molecular weight is 267 g/mol. The molecule has 102 valence electrons. The van der Waals surface area contributed by atoms with Crippen LogP contribution >= 0.6 is 0 Å². The maximum atomic E-state index is 11.9. The number of para-hydroxylation sites is 1. The summed E-state index contributed by atoms with van der Waals surface area (Å²) in [5.74, 6) is -0.340. The molecule has 0 saturated heterocycles. The number of ether oxygens (including phenoxy) is 1. The lowest BCUT2D eigenvalue weighted by Gasteiger charge is -2.06. The highest BCUT2D eigenvalue weighted by Crippen LogP contribution is 2.21. The molecule has 0 fully saturated rings. The van der Waals surface area contributed by atoms with Crippen molar-refractivity contribution >= 4 is 17.4 Å². The van der Waals surface area contributed by atoms with Crippen LogP contribution in [0.5, 0.6) is 0 Å². The van der Waals surface area contributed by atoms with Crippen molar-refractivity contribution in [3.8, 4) is 0 Å². The number of carbonyl (C=O) groups is 1. The third-order valence-corrected chi connectivity index (χ3v) is 2.88. The Morgan fingerprint density at radius 2 is 1.70 bits per heavy atom. The molecule has 0 unspecified atom stereocenters. The van der Waals surface area contributed by atoms with Crippen LogP contribution in [0.3, 0.4) is 0 Å². The summed E-state index contributed by atoms with van der Waals surface area (Å²) in [6, 6.07) is 17.1. The van der Waals surface area contributed by atoms with Crippen LogP contribution in [-0.2, 0) is 4.74 Å². The summed E-state index contributed by atoms with van der Waals surface area (Å²) in [5, 5.41) is 0. The zero-order valence-electron chi connectivity index (χ0n) is 11.7. The Labute approximate surface area is 118 Å². The highest BCUT2D eigenvalue weighted by atomic mass is 16.5. The fourth-order valence-corrected chi connectivity index (χ4v) is 1.88. The van der Waals surface area contributed by atoms with Gasteiger partial charge in [-0.05, 0) is 31.5 Å². The van der Waals surface area contributed by atoms with Gasteiger partial charge in [-0.25, -0.2) is 4.79 Å². The van der Waals surface area contributed by atoms with E-state index < -0.39 is 0 Å². The van der Waals surface area contributed by atoms with Gasteiger partial charge in [-0.3, -0.25) is 4.99 Å². The van der Waals surface area contributed by atoms with Gasteiger partial charge in [-0.1, -0.05) is 42.5 Å². The van der Waals surface area contributed by atoms with E-state index >= 15 is 0 Å². The van der Waals surface area contributed by atoms with Crippen molar-refractivity contribution in [2.75, 3.05) is 6.61 Å². The van der Waals surface area contributed by atoms with E-state index in [9.17, 15) is 4.79 Å². The Morgan fingerprint density at radius 3 is 2.40 bits per heavy atom. The van der Waals surface area contributed by atoms with E-state index in [4.69, 9.17) is 4.74 Å². The fraction of sp³-hybridized carbons (Fsp3) is 0.176. The summed E-state index contributed by atoms with van der Waals surface area (Å²) >= 11 is 0. The van der Waals surface area contributed by atoms with Crippen molar-refractivity contribution in [3.05, 3.63) is 65.7 Å². The molecule has 0 amide bonds. The van der Waals surface area contributed by atoms with Gasteiger partial charge >= 0.3 is 5.97 Å². The van der Waals surface area contributed by atoms with E-state index in [-0.39, 0.29) is 5.97 Å². The molecule has 3 heteroatoms. The molecule has 2 aromatic rings. The first-order chi connectivity index (χ1) is 9.72. The molecular weight excluding hydrogens is 250 g/mol. The van der Waals surface area contributed by atoms with Crippen LogP contribution in [0.25, 0.3) is 0 Å². The van der Waals surface area contributed by atoms with E-state index in [2.05, 4.69) is 4.99 Å². The molecule has 2 aromatic carbocycles. The lowest BCUT2D eigenvalue weighted by molar-refractivity contribution is 0.0527. The minimum absolute atomic E-state index is 0.340. The predicted molar refractivity (Wildman–Crippen MR) is 80.7 cm³/mol. The molecule has 0 bridgehead atoms. The maximum absolute atomic E-state index is 11.9. The Morgan fingerprint density at radius 1 is 1.05 bits per heavy atom. The van der Waals surface area contributed by atoms with E-state index in [0.717, 1.165) is 11.3 Å². The molecule has 0 aromatic heterocycles. The number of nitrogens with zero attached hydrogens (tertiary/aromatic N) is 1. The zero-order valence-corrected chi connectivity index (χ0v) is 11.7. The predicted octanol–water partition coefficient (Wildman–Crippen LogP) is 4.00. The minimum atomic E-state index is -0.340. The van der Waals surface area contributed by atoms with Crippen molar-refractivity contribution in [3.63, 3.8) is 0 Å². The molecule has 0 aliphatic carbocycles. The molecule has 0 atom stereocenters. The molecule has 0 heterocycles. The van der Waals surface area contributed by atoms with E-state index in [0.29, 0.717) is 17.9 Å². The molecule has 3 nitrogen and oxygen atoms in total. The van der Waals surface area contributed by atoms with Crippen molar-refractivity contribution in [2.24, 2.45) is 4.99 Å². The molecule has 0 radical (unpaired) electrons. The Bertz CT molecular complexity index is 618. The SMILES string of the molecule is CCOC(=O)c1ccccc1N=C(C)c1ccccc1. The third kappa shape index (κ3) is 3.32. The Kier molecular flexibility index (Phi) is 4.66. The lowest BCUT2D eigenvalue weighted by atomic mass is 10.1. The molecule has 0 aliphatic rings. The van der Waals surface area contributed by atoms with Crippen LogP contribution in [0.2, 0.25) is 0 Å². The van der Waals surface area contributed by atoms with Crippen LogP contribution in [0, 0.1) is 0 Å². The monoisotopic (exact) mass is 267 g/mol. The topological polar surface area (TPSA) is 38.7 Å². The Balaban J connectivity index is 2.36. The van der Waals surface area contributed by atoms with Gasteiger partial charge < -0.3 is 4.74 Å². The number of rotatable bonds is 4. The fourth-order valence-electron chi connectivity index (χ4n) is 1.88. The van der Waals surface area contributed by atoms with Gasteiger partial charge in [0.15, 0.2) is 0 Å². The molecule has 0 saturated carbocycles. The standard InChI is InChI=1S/C17H17NO2/c1-3-20-17(19)15-11-7-8-12-16(15)18-13(2)14-9-5-4-6-10-14/h4-12H,3H2,1-2H3. The molecule has 0 aliphatic heterocycles. The summed E-state index contributed by atoms with van der Waals surface area (Å²) in [5.41, 5.74) is 3.02. The number of hydrogen-bond donors (Lipinski definition) is 0. The minimum Gasteiger partial charge on any atom is -0.462 e. The van der Waals surface area contributed by atoms with Crippen LogP contribution in [-0.4, -0.2) is 18.3 Å². The first-order valence-corrected chi connectivity index (χ1v) is 6.59. The van der Waals surface area contributed by atoms with Gasteiger partial charge in [0.25, 0.3) is 0 Å². The third-order valence-electron chi connectivity index (χ3n) is 2.88. The summed E-state index contributed by atoms with van der Waals surface area (Å²) in [7, 11) is 0. The van der Waals surface area contributed by atoms with Gasteiger partial charge in [0.2, 0.25) is 0 Å². The smallest absolute Gasteiger partial charge is 0.340 e. The molecule has 20 heavy (non-hydrogen) atoms. The van der Waals surface area contributed by atoms with Gasteiger partial charge in [0.05, 0.1) is 17.9 Å².